The van der Waals surface area contributed by atoms with Crippen LogP contribution in [-0.2, 0) is 26.4 Å². The van der Waals surface area contributed by atoms with E-state index in [0.29, 0.717) is 24.8 Å². The Balaban J connectivity index is 0.00000392. The summed E-state index contributed by atoms with van der Waals surface area (Å²) in [6.45, 7) is 7.39. The third-order valence-electron chi connectivity index (χ3n) is 4.37. The topological polar surface area (TPSA) is 63.5 Å². The predicted octanol–water partition coefficient (Wildman–Crippen LogP) is 3.43. The number of aryl methyl sites for hydroxylation is 2. The van der Waals surface area contributed by atoms with E-state index in [1.165, 1.54) is 23.4 Å². The summed E-state index contributed by atoms with van der Waals surface area (Å²) in [7, 11) is 3.72. The van der Waals surface area contributed by atoms with Crippen LogP contribution in [0.2, 0.25) is 0 Å². The van der Waals surface area contributed by atoms with Crippen LogP contribution in [0.3, 0.4) is 0 Å². The highest BCUT2D eigenvalue weighted by Crippen LogP contribution is 2.15. The summed E-state index contributed by atoms with van der Waals surface area (Å²) in [5.41, 5.74) is 3.58. The fourth-order valence-corrected chi connectivity index (χ4v) is 3.04. The minimum absolute atomic E-state index is 0. The first kappa shape index (κ1) is 24.2. The number of rotatable bonds is 8. The number of aliphatic imine (C=N–C) groups is 1. The Morgan fingerprint density at radius 1 is 1.29 bits per heavy atom. The zero-order valence-corrected chi connectivity index (χ0v) is 19.6. The smallest absolute Gasteiger partial charge is 0.191 e. The second-order valence-electron chi connectivity index (χ2n) is 6.40. The van der Waals surface area contributed by atoms with Gasteiger partial charge in [0.25, 0.3) is 0 Å². The third-order valence-corrected chi connectivity index (χ3v) is 4.37. The summed E-state index contributed by atoms with van der Waals surface area (Å²) in [5.74, 6) is 0.903. The molecule has 8 heteroatoms. The fourth-order valence-electron chi connectivity index (χ4n) is 3.04. The average Bonchev–Trinajstić information content (AvgIpc) is 2.96. The number of guanidine groups is 1. The molecule has 2 aromatic rings. The second-order valence-corrected chi connectivity index (χ2v) is 6.40. The third kappa shape index (κ3) is 6.65. The Labute approximate surface area is 184 Å². The zero-order chi connectivity index (χ0) is 19.8. The van der Waals surface area contributed by atoms with Gasteiger partial charge in [-0.1, -0.05) is 19.9 Å². The molecule has 0 aliphatic heterocycles. The van der Waals surface area contributed by atoms with Crippen LogP contribution in [0.15, 0.2) is 29.3 Å². The van der Waals surface area contributed by atoms with Crippen molar-refractivity contribution in [3.8, 4) is 5.75 Å². The highest BCUT2D eigenvalue weighted by atomic mass is 127. The first-order valence-electron chi connectivity index (χ1n) is 9.38. The molecule has 6 nitrogen and oxygen atoms in total. The normalized spacial score (nSPS) is 12.3. The quantitative estimate of drug-likeness (QED) is 0.329. The predicted molar refractivity (Wildman–Crippen MR) is 122 cm³/mol. The molecule has 0 spiro atoms. The van der Waals surface area contributed by atoms with E-state index in [2.05, 4.69) is 34.6 Å². The molecule has 0 amide bonds. The standard InChI is InChI=1S/C20H30FN5O.HI/c1-6-18-17(19(7-2)26(5)25-18)13-24-20(22-4)23-12-14(3)27-16-10-8-9-15(21)11-16;/h8-11,14H,6-7,12-13H2,1-5H3,(H2,22,23,24);1H. The SMILES string of the molecule is CCc1nn(C)c(CC)c1CNC(=NC)NCC(C)Oc1cccc(F)c1.I. The second kappa shape index (κ2) is 11.9. The van der Waals surface area contributed by atoms with Gasteiger partial charge in [0, 0.05) is 38.0 Å². The van der Waals surface area contributed by atoms with Gasteiger partial charge in [0.2, 0.25) is 0 Å². The van der Waals surface area contributed by atoms with Crippen LogP contribution >= 0.6 is 24.0 Å². The molecule has 0 bridgehead atoms. The Kier molecular flexibility index (Phi) is 10.3. The van der Waals surface area contributed by atoms with Crippen LogP contribution in [0.25, 0.3) is 0 Å². The molecule has 28 heavy (non-hydrogen) atoms. The largest absolute Gasteiger partial charge is 0.489 e. The van der Waals surface area contributed by atoms with Gasteiger partial charge in [-0.2, -0.15) is 5.10 Å². The molecule has 156 valence electrons. The molecule has 0 radical (unpaired) electrons. The summed E-state index contributed by atoms with van der Waals surface area (Å²) >= 11 is 0. The van der Waals surface area contributed by atoms with Crippen LogP contribution in [0, 0.1) is 5.82 Å². The van der Waals surface area contributed by atoms with E-state index >= 15 is 0 Å². The summed E-state index contributed by atoms with van der Waals surface area (Å²) < 4.78 is 20.9. The van der Waals surface area contributed by atoms with E-state index in [1.807, 2.05) is 18.7 Å². The molecule has 1 aromatic heterocycles. The molecule has 0 aliphatic carbocycles. The summed E-state index contributed by atoms with van der Waals surface area (Å²) in [5, 5.41) is 11.2. The van der Waals surface area contributed by atoms with E-state index in [-0.39, 0.29) is 35.9 Å². The molecule has 0 aliphatic rings. The molecule has 1 heterocycles. The maximum atomic E-state index is 13.2. The summed E-state index contributed by atoms with van der Waals surface area (Å²) in [6, 6.07) is 6.16. The molecule has 2 N–H and O–H groups in total. The van der Waals surface area contributed by atoms with E-state index in [1.54, 1.807) is 19.2 Å². The van der Waals surface area contributed by atoms with Crippen molar-refractivity contribution >= 4 is 29.9 Å². The lowest BCUT2D eigenvalue weighted by molar-refractivity contribution is 0.223. The lowest BCUT2D eigenvalue weighted by atomic mass is 10.1. The lowest BCUT2D eigenvalue weighted by Gasteiger charge is -2.18. The zero-order valence-electron chi connectivity index (χ0n) is 17.3. The van der Waals surface area contributed by atoms with Crippen molar-refractivity contribution in [3.05, 3.63) is 47.0 Å². The Bertz CT molecular complexity index is 778. The number of ether oxygens (including phenoxy) is 1. The van der Waals surface area contributed by atoms with Crippen molar-refractivity contribution in [3.63, 3.8) is 0 Å². The molecule has 0 saturated carbocycles. The van der Waals surface area contributed by atoms with Crippen LogP contribution in [0.1, 0.15) is 37.7 Å². The number of aromatic nitrogens is 2. The van der Waals surface area contributed by atoms with Crippen molar-refractivity contribution in [2.75, 3.05) is 13.6 Å². The van der Waals surface area contributed by atoms with Gasteiger partial charge < -0.3 is 15.4 Å². The van der Waals surface area contributed by atoms with Crippen LogP contribution in [0.5, 0.6) is 5.75 Å². The molecule has 0 saturated heterocycles. The van der Waals surface area contributed by atoms with Crippen molar-refractivity contribution < 1.29 is 9.13 Å². The monoisotopic (exact) mass is 503 g/mol. The van der Waals surface area contributed by atoms with E-state index in [4.69, 9.17) is 4.74 Å². The van der Waals surface area contributed by atoms with Gasteiger partial charge in [-0.3, -0.25) is 9.67 Å². The van der Waals surface area contributed by atoms with Crippen LogP contribution < -0.4 is 15.4 Å². The first-order chi connectivity index (χ1) is 13.0. The number of nitrogens with one attached hydrogen (secondary N) is 2. The molecule has 2 rings (SSSR count). The van der Waals surface area contributed by atoms with Crippen LogP contribution in [-0.4, -0.2) is 35.4 Å². The first-order valence-corrected chi connectivity index (χ1v) is 9.38. The Morgan fingerprint density at radius 2 is 2.04 bits per heavy atom. The Morgan fingerprint density at radius 3 is 2.64 bits per heavy atom. The van der Waals surface area contributed by atoms with Crippen molar-refractivity contribution in [1.82, 2.24) is 20.4 Å². The van der Waals surface area contributed by atoms with Gasteiger partial charge in [0.15, 0.2) is 5.96 Å². The van der Waals surface area contributed by atoms with Crippen LogP contribution in [0.4, 0.5) is 4.39 Å². The fraction of sp³-hybridized carbons (Fsp3) is 0.500. The van der Waals surface area contributed by atoms with Gasteiger partial charge in [0.1, 0.15) is 17.7 Å². The van der Waals surface area contributed by atoms with Crippen molar-refractivity contribution in [2.45, 2.75) is 46.3 Å². The minimum atomic E-state index is -0.305. The number of halogens is 2. The number of hydrogen-bond acceptors (Lipinski definition) is 3. The lowest BCUT2D eigenvalue weighted by Crippen LogP contribution is -2.41. The molecular formula is C20H31FIN5O. The van der Waals surface area contributed by atoms with Crippen molar-refractivity contribution in [1.29, 1.82) is 0 Å². The maximum Gasteiger partial charge on any atom is 0.191 e. The van der Waals surface area contributed by atoms with E-state index in [0.717, 1.165) is 18.5 Å². The molecule has 0 fully saturated rings. The highest BCUT2D eigenvalue weighted by Gasteiger charge is 2.14. The number of hydrogen-bond donors (Lipinski definition) is 2. The van der Waals surface area contributed by atoms with Gasteiger partial charge >= 0.3 is 0 Å². The minimum Gasteiger partial charge on any atom is -0.489 e. The highest BCUT2D eigenvalue weighted by molar-refractivity contribution is 14.0. The van der Waals surface area contributed by atoms with E-state index in [9.17, 15) is 4.39 Å². The molecule has 1 atom stereocenters. The van der Waals surface area contributed by atoms with Gasteiger partial charge in [-0.15, -0.1) is 24.0 Å². The molecular weight excluding hydrogens is 472 g/mol. The average molecular weight is 503 g/mol. The molecule has 1 unspecified atom stereocenters. The number of nitrogens with zero attached hydrogens (tertiary/aromatic N) is 3. The summed E-state index contributed by atoms with van der Waals surface area (Å²) in [6.07, 6.45) is 1.70. The Hall–Kier alpha value is -1.84. The van der Waals surface area contributed by atoms with Gasteiger partial charge in [-0.25, -0.2) is 4.39 Å². The van der Waals surface area contributed by atoms with Crippen molar-refractivity contribution in [2.24, 2.45) is 12.0 Å². The molecule has 1 aromatic carbocycles. The number of benzene rings is 1. The maximum absolute atomic E-state index is 13.2. The summed E-state index contributed by atoms with van der Waals surface area (Å²) in [4.78, 5) is 4.27. The van der Waals surface area contributed by atoms with E-state index < -0.39 is 0 Å². The van der Waals surface area contributed by atoms with Gasteiger partial charge in [-0.05, 0) is 31.9 Å². The van der Waals surface area contributed by atoms with Gasteiger partial charge in [0.05, 0.1) is 12.2 Å².